The van der Waals surface area contributed by atoms with Crippen molar-refractivity contribution in [1.29, 1.82) is 0 Å². The summed E-state index contributed by atoms with van der Waals surface area (Å²) < 4.78 is 11.5. The average Bonchev–Trinajstić information content (AvgIpc) is 3.53. The van der Waals surface area contributed by atoms with Gasteiger partial charge in [-0.05, 0) is 45.5 Å². The lowest BCUT2D eigenvalue weighted by molar-refractivity contribution is -0.139. The molecule has 7 heteroatoms. The topological polar surface area (TPSA) is 101 Å². The summed E-state index contributed by atoms with van der Waals surface area (Å²) in [4.78, 5) is 28.0. The van der Waals surface area contributed by atoms with Crippen molar-refractivity contribution in [2.45, 2.75) is 25.0 Å². The monoisotopic (exact) mass is 532 g/mol. The Morgan fingerprint density at radius 2 is 1.55 bits per heavy atom. The van der Waals surface area contributed by atoms with Crippen molar-refractivity contribution in [3.63, 3.8) is 0 Å². The molecule has 1 aromatic heterocycles. The summed E-state index contributed by atoms with van der Waals surface area (Å²) in [6.07, 6.45) is 1.11. The molecule has 7 nitrogen and oxygen atoms in total. The Balaban J connectivity index is 1.10. The van der Waals surface area contributed by atoms with Gasteiger partial charge in [-0.3, -0.25) is 0 Å². The van der Waals surface area contributed by atoms with Crippen LogP contribution in [0.5, 0.6) is 5.75 Å². The number of carbonyl (C=O) groups excluding carboxylic acids is 1. The second-order valence-corrected chi connectivity index (χ2v) is 9.86. The molecule has 40 heavy (non-hydrogen) atoms. The van der Waals surface area contributed by atoms with E-state index in [0.29, 0.717) is 12.4 Å². The van der Waals surface area contributed by atoms with Crippen LogP contribution in [0.2, 0.25) is 0 Å². The van der Waals surface area contributed by atoms with Gasteiger partial charge in [-0.2, -0.15) is 0 Å². The second-order valence-electron chi connectivity index (χ2n) is 9.86. The highest BCUT2D eigenvalue weighted by atomic mass is 16.5. The standard InChI is InChI=1S/C33H28N2O5/c36-32(37)31(16-22-18-34-30-17-23(14-15-24(22)30)39-19-21-8-2-1-3-9-21)35-33(38)40-20-29-27-12-6-4-10-25(27)26-11-5-7-13-28(26)29/h1-15,17-18,29,31,34H,16,19-20H2,(H,35,38)(H,36,37)/t31-/m0/s1. The number of amides is 1. The number of H-pyrrole nitrogens is 1. The predicted octanol–water partition coefficient (Wildman–Crippen LogP) is 6.28. The zero-order valence-electron chi connectivity index (χ0n) is 21.7. The Labute approximate surface area is 231 Å². The summed E-state index contributed by atoms with van der Waals surface area (Å²) in [5, 5.41) is 13.3. The zero-order chi connectivity index (χ0) is 27.5. The van der Waals surface area contributed by atoms with Crippen LogP contribution in [0.1, 0.15) is 28.2 Å². The third kappa shape index (κ3) is 5.14. The molecule has 0 spiro atoms. The first-order valence-corrected chi connectivity index (χ1v) is 13.2. The van der Waals surface area contributed by atoms with E-state index in [0.717, 1.165) is 44.3 Å². The van der Waals surface area contributed by atoms with E-state index in [-0.39, 0.29) is 18.9 Å². The van der Waals surface area contributed by atoms with Crippen molar-refractivity contribution in [1.82, 2.24) is 10.3 Å². The number of rotatable bonds is 9. The molecule has 1 aliphatic rings. The highest BCUT2D eigenvalue weighted by molar-refractivity contribution is 5.86. The van der Waals surface area contributed by atoms with Crippen LogP contribution in [0.25, 0.3) is 22.0 Å². The third-order valence-electron chi connectivity index (χ3n) is 7.35. The second kappa shape index (κ2) is 11.0. The van der Waals surface area contributed by atoms with E-state index in [9.17, 15) is 14.7 Å². The molecular formula is C33H28N2O5. The molecule has 0 saturated heterocycles. The predicted molar refractivity (Wildman–Crippen MR) is 152 cm³/mol. The largest absolute Gasteiger partial charge is 0.489 e. The van der Waals surface area contributed by atoms with E-state index in [1.54, 1.807) is 6.20 Å². The van der Waals surface area contributed by atoms with Gasteiger partial charge in [0.15, 0.2) is 0 Å². The van der Waals surface area contributed by atoms with E-state index in [2.05, 4.69) is 22.4 Å². The fourth-order valence-electron chi connectivity index (χ4n) is 5.37. The van der Waals surface area contributed by atoms with Gasteiger partial charge in [-0.25, -0.2) is 9.59 Å². The molecule has 0 bridgehead atoms. The molecule has 4 aromatic carbocycles. The number of hydrogen-bond acceptors (Lipinski definition) is 4. The number of aromatic nitrogens is 1. The molecule has 200 valence electrons. The molecule has 0 aliphatic heterocycles. The van der Waals surface area contributed by atoms with E-state index < -0.39 is 18.1 Å². The maximum Gasteiger partial charge on any atom is 0.407 e. The number of ether oxygens (including phenoxy) is 2. The fourth-order valence-corrected chi connectivity index (χ4v) is 5.37. The van der Waals surface area contributed by atoms with Crippen molar-refractivity contribution in [3.05, 3.63) is 126 Å². The number of alkyl carbamates (subject to hydrolysis) is 1. The van der Waals surface area contributed by atoms with Crippen molar-refractivity contribution >= 4 is 23.0 Å². The van der Waals surface area contributed by atoms with E-state index in [1.807, 2.05) is 84.9 Å². The quantitative estimate of drug-likeness (QED) is 0.207. The first-order chi connectivity index (χ1) is 19.6. The van der Waals surface area contributed by atoms with E-state index in [4.69, 9.17) is 9.47 Å². The molecule has 0 saturated carbocycles. The maximum atomic E-state index is 12.7. The normalized spacial score (nSPS) is 12.9. The lowest BCUT2D eigenvalue weighted by Crippen LogP contribution is -2.42. The van der Waals surface area contributed by atoms with Crippen molar-refractivity contribution in [2.75, 3.05) is 6.61 Å². The minimum Gasteiger partial charge on any atom is -0.489 e. The molecule has 1 heterocycles. The fraction of sp³-hybridized carbons (Fsp3) is 0.152. The van der Waals surface area contributed by atoms with Gasteiger partial charge in [0.1, 0.15) is 25.0 Å². The minimum absolute atomic E-state index is 0.101. The summed E-state index contributed by atoms with van der Waals surface area (Å²) >= 11 is 0. The Morgan fingerprint density at radius 3 is 2.25 bits per heavy atom. The molecule has 1 aliphatic carbocycles. The van der Waals surface area contributed by atoms with Crippen molar-refractivity contribution < 1.29 is 24.2 Å². The molecule has 0 fully saturated rings. The highest BCUT2D eigenvalue weighted by Crippen LogP contribution is 2.44. The summed E-state index contributed by atoms with van der Waals surface area (Å²) in [7, 11) is 0. The zero-order valence-corrected chi connectivity index (χ0v) is 21.7. The molecule has 6 rings (SSSR count). The number of hydrogen-bond donors (Lipinski definition) is 3. The third-order valence-corrected chi connectivity index (χ3v) is 7.35. The smallest absolute Gasteiger partial charge is 0.407 e. The van der Waals surface area contributed by atoms with Gasteiger partial charge in [0, 0.05) is 35.5 Å². The molecular weight excluding hydrogens is 504 g/mol. The number of fused-ring (bicyclic) bond motifs is 4. The van der Waals surface area contributed by atoms with Crippen LogP contribution in [-0.2, 0) is 22.6 Å². The van der Waals surface area contributed by atoms with Crippen LogP contribution in [0.3, 0.4) is 0 Å². The van der Waals surface area contributed by atoms with Crippen LogP contribution in [-0.4, -0.2) is 34.8 Å². The van der Waals surface area contributed by atoms with Crippen LogP contribution in [0.15, 0.2) is 103 Å². The molecule has 0 radical (unpaired) electrons. The Morgan fingerprint density at radius 1 is 0.875 bits per heavy atom. The van der Waals surface area contributed by atoms with Gasteiger partial charge in [0.25, 0.3) is 0 Å². The van der Waals surface area contributed by atoms with E-state index in [1.165, 1.54) is 0 Å². The summed E-state index contributed by atoms with van der Waals surface area (Å²) in [6, 6.07) is 30.5. The molecule has 5 aromatic rings. The SMILES string of the molecule is O=C(N[C@@H](Cc1c[nH]c2cc(OCc3ccccc3)ccc12)C(=O)O)OCC1c2ccccc2-c2ccccc21. The summed E-state index contributed by atoms with van der Waals surface area (Å²) in [5.41, 5.74) is 7.11. The Bertz CT molecular complexity index is 1630. The average molecular weight is 533 g/mol. The number of benzene rings is 4. The number of carbonyl (C=O) groups is 2. The highest BCUT2D eigenvalue weighted by Gasteiger charge is 2.30. The summed E-state index contributed by atoms with van der Waals surface area (Å²) in [6.45, 7) is 0.566. The number of aromatic amines is 1. The number of aliphatic carboxylic acids is 1. The molecule has 1 atom stereocenters. The van der Waals surface area contributed by atoms with Gasteiger partial charge in [-0.1, -0.05) is 78.9 Å². The van der Waals surface area contributed by atoms with Gasteiger partial charge in [0.2, 0.25) is 0 Å². The van der Waals surface area contributed by atoms with Gasteiger partial charge >= 0.3 is 12.1 Å². The Hall–Kier alpha value is -5.04. The molecule has 3 N–H and O–H groups in total. The maximum absolute atomic E-state index is 12.7. The number of carboxylic acids is 1. The van der Waals surface area contributed by atoms with Crippen molar-refractivity contribution in [2.24, 2.45) is 0 Å². The van der Waals surface area contributed by atoms with Crippen molar-refractivity contribution in [3.8, 4) is 16.9 Å². The van der Waals surface area contributed by atoms with E-state index >= 15 is 0 Å². The Kier molecular flexibility index (Phi) is 6.93. The molecule has 1 amide bonds. The first-order valence-electron chi connectivity index (χ1n) is 13.2. The first kappa shape index (κ1) is 25.2. The lowest BCUT2D eigenvalue weighted by Gasteiger charge is -2.17. The van der Waals surface area contributed by atoms with Gasteiger partial charge in [-0.15, -0.1) is 0 Å². The van der Waals surface area contributed by atoms with Crippen LogP contribution >= 0.6 is 0 Å². The summed E-state index contributed by atoms with van der Waals surface area (Å²) in [5.74, 6) is -0.532. The van der Waals surface area contributed by atoms with Crippen LogP contribution in [0, 0.1) is 0 Å². The van der Waals surface area contributed by atoms with Gasteiger partial charge < -0.3 is 24.9 Å². The van der Waals surface area contributed by atoms with Crippen LogP contribution in [0.4, 0.5) is 4.79 Å². The number of nitrogens with one attached hydrogen (secondary N) is 2. The number of carboxylic acid groups (broad SMARTS) is 1. The molecule has 0 unspecified atom stereocenters. The minimum atomic E-state index is -1.15. The van der Waals surface area contributed by atoms with Gasteiger partial charge in [0.05, 0.1) is 0 Å². The van der Waals surface area contributed by atoms with Crippen LogP contribution < -0.4 is 10.1 Å². The lowest BCUT2D eigenvalue weighted by atomic mass is 9.98.